The Labute approximate surface area is 132 Å². The summed E-state index contributed by atoms with van der Waals surface area (Å²) < 4.78 is 7.91. The molecule has 0 aromatic carbocycles. The van der Waals surface area contributed by atoms with Crippen LogP contribution in [0.1, 0.15) is 51.9 Å². The highest BCUT2D eigenvalue weighted by Gasteiger charge is 2.57. The molecule has 122 valence electrons. The summed E-state index contributed by atoms with van der Waals surface area (Å²) in [6, 6.07) is 0.326. The number of aromatic nitrogens is 2. The van der Waals surface area contributed by atoms with Crippen LogP contribution in [0.15, 0.2) is 18.7 Å². The van der Waals surface area contributed by atoms with Crippen molar-refractivity contribution < 1.29 is 9.53 Å². The molecule has 0 unspecified atom stereocenters. The van der Waals surface area contributed by atoms with Gasteiger partial charge in [-0.25, -0.2) is 4.98 Å². The van der Waals surface area contributed by atoms with Gasteiger partial charge in [0, 0.05) is 43.4 Å². The number of aryl methyl sites for hydroxylation is 1. The average Bonchev–Trinajstić information content (AvgIpc) is 3.19. The molecular formula is C17H27N3O2. The summed E-state index contributed by atoms with van der Waals surface area (Å²) in [4.78, 5) is 16.2. The normalized spacial score (nSPS) is 26.0. The third kappa shape index (κ3) is 3.05. The van der Waals surface area contributed by atoms with E-state index in [2.05, 4.69) is 17.2 Å². The summed E-state index contributed by atoms with van der Waals surface area (Å²) >= 11 is 0. The van der Waals surface area contributed by atoms with Crippen molar-refractivity contribution >= 4 is 5.91 Å². The number of carbonyl (C=O) groups is 1. The molecule has 22 heavy (non-hydrogen) atoms. The van der Waals surface area contributed by atoms with Crippen molar-refractivity contribution in [2.24, 2.45) is 5.41 Å². The van der Waals surface area contributed by atoms with E-state index >= 15 is 0 Å². The summed E-state index contributed by atoms with van der Waals surface area (Å²) in [6.07, 6.45) is 13.3. The molecule has 2 aliphatic carbocycles. The second-order valence-electron chi connectivity index (χ2n) is 6.64. The van der Waals surface area contributed by atoms with Crippen molar-refractivity contribution in [3.8, 4) is 0 Å². The lowest BCUT2D eigenvalue weighted by molar-refractivity contribution is -0.144. The highest BCUT2D eigenvalue weighted by molar-refractivity contribution is 5.76. The summed E-state index contributed by atoms with van der Waals surface area (Å²) in [6.45, 7) is 3.69. The Morgan fingerprint density at radius 1 is 1.45 bits per heavy atom. The van der Waals surface area contributed by atoms with Crippen LogP contribution in [0.4, 0.5) is 0 Å². The van der Waals surface area contributed by atoms with Crippen LogP contribution in [0.5, 0.6) is 0 Å². The van der Waals surface area contributed by atoms with E-state index in [1.165, 1.54) is 25.7 Å². The van der Waals surface area contributed by atoms with E-state index in [1.54, 1.807) is 12.5 Å². The molecular weight excluding hydrogens is 278 g/mol. The van der Waals surface area contributed by atoms with E-state index in [9.17, 15) is 4.79 Å². The number of nitrogens with zero attached hydrogens (tertiary/aromatic N) is 2. The summed E-state index contributed by atoms with van der Waals surface area (Å²) in [7, 11) is 0. The molecule has 5 nitrogen and oxygen atoms in total. The van der Waals surface area contributed by atoms with Crippen molar-refractivity contribution in [1.82, 2.24) is 14.9 Å². The Bertz CT molecular complexity index is 480. The second-order valence-corrected chi connectivity index (χ2v) is 6.64. The van der Waals surface area contributed by atoms with E-state index in [-0.39, 0.29) is 11.3 Å². The molecule has 2 aliphatic rings. The lowest BCUT2D eigenvalue weighted by Crippen LogP contribution is -2.63. The maximum Gasteiger partial charge on any atom is 0.220 e. The van der Waals surface area contributed by atoms with Crippen molar-refractivity contribution in [2.45, 2.75) is 70.6 Å². The first-order valence-electron chi connectivity index (χ1n) is 8.61. The average molecular weight is 305 g/mol. The first-order valence-corrected chi connectivity index (χ1v) is 8.61. The van der Waals surface area contributed by atoms with Gasteiger partial charge in [0.1, 0.15) is 0 Å². The fraction of sp³-hybridized carbons (Fsp3) is 0.765. The van der Waals surface area contributed by atoms with Crippen molar-refractivity contribution in [1.29, 1.82) is 0 Å². The van der Waals surface area contributed by atoms with E-state index in [1.807, 2.05) is 10.8 Å². The highest BCUT2D eigenvalue weighted by atomic mass is 16.5. The number of imidazole rings is 1. The fourth-order valence-electron chi connectivity index (χ4n) is 4.20. The highest BCUT2D eigenvalue weighted by Crippen LogP contribution is 2.54. The van der Waals surface area contributed by atoms with Crippen molar-refractivity contribution in [2.75, 3.05) is 6.61 Å². The van der Waals surface area contributed by atoms with Crippen LogP contribution in [0.2, 0.25) is 0 Å². The Morgan fingerprint density at radius 2 is 2.27 bits per heavy atom. The maximum absolute atomic E-state index is 12.2. The number of hydrogen-bond donors (Lipinski definition) is 1. The van der Waals surface area contributed by atoms with Crippen molar-refractivity contribution in [3.05, 3.63) is 18.7 Å². The van der Waals surface area contributed by atoms with Crippen LogP contribution >= 0.6 is 0 Å². The minimum absolute atomic E-state index is 0.186. The number of ether oxygens (including phenoxy) is 1. The molecule has 1 amide bonds. The maximum atomic E-state index is 12.2. The van der Waals surface area contributed by atoms with Gasteiger partial charge in [0.2, 0.25) is 5.91 Å². The Balaban J connectivity index is 1.45. The quantitative estimate of drug-likeness (QED) is 0.842. The molecule has 0 radical (unpaired) electrons. The van der Waals surface area contributed by atoms with Crippen LogP contribution in [0.3, 0.4) is 0 Å². The molecule has 2 saturated carbocycles. The third-order valence-corrected chi connectivity index (χ3v) is 5.40. The van der Waals surface area contributed by atoms with Crippen LogP contribution < -0.4 is 5.32 Å². The van der Waals surface area contributed by atoms with Gasteiger partial charge in [-0.2, -0.15) is 0 Å². The SMILES string of the molecule is CCO[C@H]1C[C@@H](NC(=O)CCCn2ccnc2)C12CCCC2. The van der Waals surface area contributed by atoms with E-state index in [4.69, 9.17) is 4.74 Å². The standard InChI is InChI=1S/C17H27N3O2/c1-2-22-15-12-14(17(15)7-3-4-8-17)19-16(21)6-5-10-20-11-9-18-13-20/h9,11,13-15H,2-8,10,12H2,1H3,(H,19,21)/t14-,15+/m1/s1. The monoisotopic (exact) mass is 305 g/mol. The largest absolute Gasteiger partial charge is 0.378 e. The lowest BCUT2D eigenvalue weighted by atomic mass is 9.60. The van der Waals surface area contributed by atoms with Gasteiger partial charge in [0.15, 0.2) is 0 Å². The zero-order chi connectivity index (χ0) is 15.4. The summed E-state index contributed by atoms with van der Waals surface area (Å²) in [5.74, 6) is 0.186. The first kappa shape index (κ1) is 15.5. The first-order chi connectivity index (χ1) is 10.7. The number of rotatable bonds is 7. The summed E-state index contributed by atoms with van der Waals surface area (Å²) in [5, 5.41) is 3.27. The van der Waals surface area contributed by atoms with E-state index in [0.29, 0.717) is 18.6 Å². The van der Waals surface area contributed by atoms with Gasteiger partial charge in [-0.3, -0.25) is 4.79 Å². The van der Waals surface area contributed by atoms with Gasteiger partial charge >= 0.3 is 0 Å². The molecule has 3 rings (SSSR count). The zero-order valence-corrected chi connectivity index (χ0v) is 13.5. The topological polar surface area (TPSA) is 56.1 Å². The van der Waals surface area contributed by atoms with Crippen LogP contribution in [0, 0.1) is 5.41 Å². The second kappa shape index (κ2) is 6.82. The number of carbonyl (C=O) groups excluding carboxylic acids is 1. The van der Waals surface area contributed by atoms with E-state index in [0.717, 1.165) is 26.0 Å². The molecule has 2 fully saturated rings. The van der Waals surface area contributed by atoms with Gasteiger partial charge in [0.05, 0.1) is 12.4 Å². The molecule has 0 aliphatic heterocycles. The molecule has 1 heterocycles. The van der Waals surface area contributed by atoms with E-state index < -0.39 is 0 Å². The van der Waals surface area contributed by atoms with Crippen molar-refractivity contribution in [3.63, 3.8) is 0 Å². The molecule has 1 aromatic rings. The van der Waals surface area contributed by atoms with Gasteiger partial charge in [-0.05, 0) is 32.6 Å². The lowest BCUT2D eigenvalue weighted by Gasteiger charge is -2.54. The number of amides is 1. The fourth-order valence-corrected chi connectivity index (χ4v) is 4.20. The van der Waals surface area contributed by atoms with Gasteiger partial charge in [-0.1, -0.05) is 12.8 Å². The molecule has 0 bridgehead atoms. The van der Waals surface area contributed by atoms with Crippen LogP contribution in [0.25, 0.3) is 0 Å². The predicted molar refractivity (Wildman–Crippen MR) is 84.3 cm³/mol. The zero-order valence-electron chi connectivity index (χ0n) is 13.5. The summed E-state index contributed by atoms with van der Waals surface area (Å²) in [5.41, 5.74) is 0.232. The Morgan fingerprint density at radius 3 is 2.95 bits per heavy atom. The Kier molecular flexibility index (Phi) is 4.81. The van der Waals surface area contributed by atoms with Gasteiger partial charge in [-0.15, -0.1) is 0 Å². The number of nitrogens with one attached hydrogen (secondary N) is 1. The number of hydrogen-bond acceptors (Lipinski definition) is 3. The molecule has 1 aromatic heterocycles. The van der Waals surface area contributed by atoms with Crippen LogP contribution in [-0.4, -0.2) is 34.2 Å². The predicted octanol–water partition coefficient (Wildman–Crippen LogP) is 2.52. The van der Waals surface area contributed by atoms with Gasteiger partial charge < -0.3 is 14.6 Å². The van der Waals surface area contributed by atoms with Gasteiger partial charge in [0.25, 0.3) is 0 Å². The molecule has 5 heteroatoms. The molecule has 1 N–H and O–H groups in total. The molecule has 0 saturated heterocycles. The van der Waals surface area contributed by atoms with Crippen LogP contribution in [-0.2, 0) is 16.1 Å². The third-order valence-electron chi connectivity index (χ3n) is 5.40. The molecule has 2 atom stereocenters. The smallest absolute Gasteiger partial charge is 0.220 e. The minimum atomic E-state index is 0.186. The minimum Gasteiger partial charge on any atom is -0.378 e. The molecule has 1 spiro atoms. The Hall–Kier alpha value is -1.36.